The molecule has 2 aromatic heterocycles. The SMILES string of the molecule is C=CC(=O)N1C[C@H](C)N(c2nc(N3CC(NCC(C)C)C3)nc3c(F)c(-c4c(C)ccc5cn[nH]c45)c(Cl)cc23)C[C@H]1C. The number of rotatable bonds is 7. The molecule has 1 amide bonds. The van der Waals surface area contributed by atoms with Gasteiger partial charge < -0.3 is 20.0 Å². The normalized spacial score (nSPS) is 19.5. The lowest BCUT2D eigenvalue weighted by Gasteiger charge is -2.45. The van der Waals surface area contributed by atoms with Crippen molar-refractivity contribution < 1.29 is 9.18 Å². The maximum atomic E-state index is 16.9. The van der Waals surface area contributed by atoms with Crippen LogP contribution in [0.5, 0.6) is 0 Å². The predicted molar refractivity (Wildman–Crippen MR) is 171 cm³/mol. The van der Waals surface area contributed by atoms with Crippen molar-refractivity contribution in [1.29, 1.82) is 0 Å². The highest BCUT2D eigenvalue weighted by molar-refractivity contribution is 6.35. The van der Waals surface area contributed by atoms with Crippen LogP contribution in [0.1, 0.15) is 33.3 Å². The molecule has 0 spiro atoms. The quantitative estimate of drug-likeness (QED) is 0.276. The summed E-state index contributed by atoms with van der Waals surface area (Å²) < 4.78 is 16.9. The molecule has 0 bridgehead atoms. The molecule has 2 aliphatic rings. The second-order valence-corrected chi connectivity index (χ2v) is 12.7. The number of hydrogen-bond donors (Lipinski definition) is 2. The van der Waals surface area contributed by atoms with Crippen molar-refractivity contribution in [1.82, 2.24) is 30.4 Å². The summed E-state index contributed by atoms with van der Waals surface area (Å²) in [5.41, 5.74) is 2.78. The summed E-state index contributed by atoms with van der Waals surface area (Å²) in [6.45, 7) is 17.4. The number of aromatic amines is 1. The summed E-state index contributed by atoms with van der Waals surface area (Å²) in [5.74, 6) is 1.06. The lowest BCUT2D eigenvalue weighted by Crippen LogP contribution is -2.59. The molecule has 0 saturated carbocycles. The highest BCUT2D eigenvalue weighted by Gasteiger charge is 2.35. The molecule has 2 atom stereocenters. The number of piperazine rings is 1. The average molecular weight is 605 g/mol. The summed E-state index contributed by atoms with van der Waals surface area (Å²) in [6, 6.07) is 5.83. The summed E-state index contributed by atoms with van der Waals surface area (Å²) in [4.78, 5) is 28.5. The average Bonchev–Trinajstić information content (AvgIpc) is 3.42. The molecule has 2 N–H and O–H groups in total. The number of anilines is 2. The molecular formula is C32H38ClFN8O. The molecule has 2 fully saturated rings. The first kappa shape index (κ1) is 29.3. The number of nitrogens with zero attached hydrogens (tertiary/aromatic N) is 6. The number of aryl methyl sites for hydroxylation is 1. The van der Waals surface area contributed by atoms with Crippen LogP contribution >= 0.6 is 11.6 Å². The molecule has 11 heteroatoms. The van der Waals surface area contributed by atoms with Gasteiger partial charge >= 0.3 is 0 Å². The Balaban J connectivity index is 1.49. The maximum Gasteiger partial charge on any atom is 0.246 e. The molecule has 43 heavy (non-hydrogen) atoms. The Morgan fingerprint density at radius 2 is 1.95 bits per heavy atom. The zero-order valence-corrected chi connectivity index (χ0v) is 26.0. The number of carbonyl (C=O) groups is 1. The molecule has 9 nitrogen and oxygen atoms in total. The summed E-state index contributed by atoms with van der Waals surface area (Å²) >= 11 is 6.93. The molecule has 4 aromatic rings. The van der Waals surface area contributed by atoms with Gasteiger partial charge in [-0.05, 0) is 50.9 Å². The highest BCUT2D eigenvalue weighted by atomic mass is 35.5. The molecule has 0 radical (unpaired) electrons. The smallest absolute Gasteiger partial charge is 0.246 e. The topological polar surface area (TPSA) is 93.3 Å². The molecule has 2 aliphatic heterocycles. The van der Waals surface area contributed by atoms with Crippen LogP contribution in [0.4, 0.5) is 16.2 Å². The first-order valence-corrected chi connectivity index (χ1v) is 15.3. The highest BCUT2D eigenvalue weighted by Crippen LogP contribution is 2.42. The van der Waals surface area contributed by atoms with Gasteiger partial charge in [0.05, 0.1) is 16.7 Å². The van der Waals surface area contributed by atoms with E-state index in [2.05, 4.69) is 45.7 Å². The van der Waals surface area contributed by atoms with E-state index >= 15 is 4.39 Å². The Hall–Kier alpha value is -3.76. The van der Waals surface area contributed by atoms with Gasteiger partial charge in [-0.1, -0.05) is 44.2 Å². The van der Waals surface area contributed by atoms with Crippen LogP contribution in [0.25, 0.3) is 32.9 Å². The number of hydrogen-bond acceptors (Lipinski definition) is 7. The standard InChI is InChI=1S/C32H38ClFN8O/c1-7-25(43)41-13-20(6)42(14-19(41)5)31-23-10-24(33)27(26-18(4)8-9-21-12-36-39-29(21)26)28(34)30(23)37-32(38-31)40-15-22(16-40)35-11-17(2)3/h7-10,12,17,19-20,22,35H,1,11,13-16H2,2-6H3,(H,36,39)/t19-,20+/m1/s1. The Morgan fingerprint density at radius 1 is 1.19 bits per heavy atom. The van der Waals surface area contributed by atoms with E-state index in [1.807, 2.05) is 37.8 Å². The number of carbonyl (C=O) groups excluding carboxylic acids is 1. The number of amides is 1. The van der Waals surface area contributed by atoms with Crippen LogP contribution in [-0.4, -0.2) is 81.8 Å². The van der Waals surface area contributed by atoms with E-state index in [-0.39, 0.29) is 28.5 Å². The number of H-pyrrole nitrogens is 1. The van der Waals surface area contributed by atoms with Gasteiger partial charge in [0, 0.05) is 66.2 Å². The zero-order chi connectivity index (χ0) is 30.6. The summed E-state index contributed by atoms with van der Waals surface area (Å²) in [6.07, 6.45) is 3.07. The van der Waals surface area contributed by atoms with E-state index in [0.29, 0.717) is 53.3 Å². The minimum Gasteiger partial charge on any atom is -0.349 e. The second kappa shape index (κ2) is 11.4. The predicted octanol–water partition coefficient (Wildman–Crippen LogP) is 5.32. The minimum absolute atomic E-state index is 0.0783. The van der Waals surface area contributed by atoms with Gasteiger partial charge in [0.25, 0.3) is 0 Å². The molecule has 226 valence electrons. The maximum absolute atomic E-state index is 16.9. The first-order chi connectivity index (χ1) is 20.6. The number of benzene rings is 2. The Morgan fingerprint density at radius 3 is 2.67 bits per heavy atom. The van der Waals surface area contributed by atoms with Crippen molar-refractivity contribution in [2.24, 2.45) is 5.92 Å². The van der Waals surface area contributed by atoms with Crippen molar-refractivity contribution in [3.05, 3.63) is 53.5 Å². The van der Waals surface area contributed by atoms with Crippen LogP contribution in [0.3, 0.4) is 0 Å². The van der Waals surface area contributed by atoms with Crippen LogP contribution in [0.2, 0.25) is 5.02 Å². The van der Waals surface area contributed by atoms with Gasteiger partial charge in [-0.25, -0.2) is 9.37 Å². The van der Waals surface area contributed by atoms with Crippen molar-refractivity contribution in [2.45, 2.75) is 52.7 Å². The molecule has 6 rings (SSSR count). The van der Waals surface area contributed by atoms with Crippen molar-refractivity contribution in [3.8, 4) is 11.1 Å². The first-order valence-electron chi connectivity index (χ1n) is 14.9. The molecule has 2 saturated heterocycles. The Labute approximate surface area is 256 Å². The van der Waals surface area contributed by atoms with E-state index in [0.717, 1.165) is 36.1 Å². The third kappa shape index (κ3) is 5.20. The lowest BCUT2D eigenvalue weighted by atomic mass is 9.96. The third-order valence-corrected chi connectivity index (χ3v) is 8.92. The Kier molecular flexibility index (Phi) is 7.76. The fraction of sp³-hybridized carbons (Fsp3) is 0.438. The van der Waals surface area contributed by atoms with Crippen LogP contribution < -0.4 is 15.1 Å². The van der Waals surface area contributed by atoms with Crippen LogP contribution in [0, 0.1) is 18.7 Å². The van der Waals surface area contributed by atoms with E-state index in [1.165, 1.54) is 6.08 Å². The van der Waals surface area contributed by atoms with Gasteiger partial charge in [-0.15, -0.1) is 0 Å². The molecule has 2 aromatic carbocycles. The third-order valence-electron chi connectivity index (χ3n) is 8.62. The van der Waals surface area contributed by atoms with Crippen LogP contribution in [0.15, 0.2) is 37.1 Å². The molecule has 0 unspecified atom stereocenters. The number of halogens is 2. The van der Waals surface area contributed by atoms with Gasteiger partial charge in [0.1, 0.15) is 11.3 Å². The molecule has 4 heterocycles. The van der Waals surface area contributed by atoms with E-state index < -0.39 is 5.82 Å². The zero-order valence-electron chi connectivity index (χ0n) is 25.3. The fourth-order valence-corrected chi connectivity index (χ4v) is 6.50. The van der Waals surface area contributed by atoms with Gasteiger partial charge in [0.2, 0.25) is 11.9 Å². The Bertz CT molecular complexity index is 1720. The van der Waals surface area contributed by atoms with Crippen LogP contribution in [-0.2, 0) is 4.79 Å². The molecular weight excluding hydrogens is 567 g/mol. The largest absolute Gasteiger partial charge is 0.349 e. The van der Waals surface area contributed by atoms with Gasteiger partial charge in [0.15, 0.2) is 5.82 Å². The van der Waals surface area contributed by atoms with Crippen molar-refractivity contribution in [2.75, 3.05) is 42.5 Å². The van der Waals surface area contributed by atoms with E-state index in [4.69, 9.17) is 21.6 Å². The summed E-state index contributed by atoms with van der Waals surface area (Å²) in [7, 11) is 0. The lowest BCUT2D eigenvalue weighted by molar-refractivity contribution is -0.128. The number of nitrogens with one attached hydrogen (secondary N) is 2. The van der Waals surface area contributed by atoms with Crippen molar-refractivity contribution >= 4 is 51.1 Å². The summed E-state index contributed by atoms with van der Waals surface area (Å²) in [5, 5.41) is 12.5. The molecule has 0 aliphatic carbocycles. The fourth-order valence-electron chi connectivity index (χ4n) is 6.22. The number of fused-ring (bicyclic) bond motifs is 2. The van der Waals surface area contributed by atoms with Gasteiger partial charge in [-0.2, -0.15) is 10.1 Å². The number of aromatic nitrogens is 4. The van der Waals surface area contributed by atoms with Gasteiger partial charge in [-0.3, -0.25) is 9.89 Å². The monoisotopic (exact) mass is 604 g/mol. The minimum atomic E-state index is -0.492. The van der Waals surface area contributed by atoms with E-state index in [9.17, 15) is 4.79 Å². The second-order valence-electron chi connectivity index (χ2n) is 12.3. The van der Waals surface area contributed by atoms with E-state index in [1.54, 1.807) is 12.3 Å². The van der Waals surface area contributed by atoms with Crippen molar-refractivity contribution in [3.63, 3.8) is 0 Å².